The Morgan fingerprint density at radius 2 is 2.12 bits per heavy atom. The summed E-state index contributed by atoms with van der Waals surface area (Å²) in [6.45, 7) is 3.95. The molecular weight excluding hydrogens is 206 g/mol. The predicted octanol–water partition coefficient (Wildman–Crippen LogP) is -0.477. The molecule has 2 rings (SSSR count). The molecule has 2 aliphatic rings. The molecule has 2 heterocycles. The van der Waals surface area contributed by atoms with Crippen molar-refractivity contribution in [2.45, 2.75) is 44.2 Å². The van der Waals surface area contributed by atoms with Gasteiger partial charge in [-0.2, -0.15) is 0 Å². The third-order valence-electron chi connectivity index (χ3n) is 3.44. The van der Waals surface area contributed by atoms with E-state index >= 15 is 0 Å². The van der Waals surface area contributed by atoms with Crippen LogP contribution in [-0.4, -0.2) is 36.5 Å². The van der Waals surface area contributed by atoms with Gasteiger partial charge in [-0.15, -0.1) is 0 Å². The number of piperidine rings is 1. The van der Waals surface area contributed by atoms with Crippen LogP contribution in [0.25, 0.3) is 0 Å². The van der Waals surface area contributed by atoms with Gasteiger partial charge >= 0.3 is 0 Å². The Labute approximate surface area is 95.3 Å². The summed E-state index contributed by atoms with van der Waals surface area (Å²) in [6.07, 6.45) is 2.98. The van der Waals surface area contributed by atoms with Crippen molar-refractivity contribution in [3.8, 4) is 0 Å². The van der Waals surface area contributed by atoms with Gasteiger partial charge in [0.25, 0.3) is 0 Å². The summed E-state index contributed by atoms with van der Waals surface area (Å²) in [5, 5.41) is 9.03. The van der Waals surface area contributed by atoms with Crippen LogP contribution in [0.4, 0.5) is 0 Å². The third kappa shape index (κ3) is 2.52. The van der Waals surface area contributed by atoms with Crippen molar-refractivity contribution in [1.29, 1.82) is 0 Å². The standard InChI is InChI=1S/C11H19N3O2/c1-11(4-6-12-7-5-11)14-10(16)8-2-3-9(15)13-8/h8,12H,2-7H2,1H3,(H,13,15)(H,14,16)/t8-/m0/s1. The lowest BCUT2D eigenvalue weighted by molar-refractivity contribution is -0.127. The zero-order chi connectivity index (χ0) is 11.6. The predicted molar refractivity (Wildman–Crippen MR) is 59.8 cm³/mol. The van der Waals surface area contributed by atoms with Gasteiger partial charge in [-0.05, 0) is 39.3 Å². The highest BCUT2D eigenvalue weighted by Crippen LogP contribution is 2.18. The lowest BCUT2D eigenvalue weighted by Crippen LogP contribution is -2.56. The number of amides is 2. The van der Waals surface area contributed by atoms with Crippen molar-refractivity contribution in [3.05, 3.63) is 0 Å². The van der Waals surface area contributed by atoms with Gasteiger partial charge in [-0.1, -0.05) is 0 Å². The van der Waals surface area contributed by atoms with Gasteiger partial charge < -0.3 is 16.0 Å². The van der Waals surface area contributed by atoms with E-state index in [1.807, 2.05) is 0 Å². The summed E-state index contributed by atoms with van der Waals surface area (Å²) in [7, 11) is 0. The first kappa shape index (κ1) is 11.4. The molecule has 0 aromatic heterocycles. The monoisotopic (exact) mass is 225 g/mol. The largest absolute Gasteiger partial charge is 0.349 e. The molecule has 0 aliphatic carbocycles. The molecule has 0 aromatic rings. The van der Waals surface area contributed by atoms with Crippen molar-refractivity contribution in [2.75, 3.05) is 13.1 Å². The van der Waals surface area contributed by atoms with Gasteiger partial charge in [0.2, 0.25) is 11.8 Å². The Hall–Kier alpha value is -1.10. The Morgan fingerprint density at radius 3 is 2.69 bits per heavy atom. The first-order valence-corrected chi connectivity index (χ1v) is 5.91. The lowest BCUT2D eigenvalue weighted by Gasteiger charge is -2.35. The van der Waals surface area contributed by atoms with E-state index in [1.54, 1.807) is 0 Å². The molecule has 0 unspecified atom stereocenters. The molecular formula is C11H19N3O2. The van der Waals surface area contributed by atoms with Crippen molar-refractivity contribution in [3.63, 3.8) is 0 Å². The van der Waals surface area contributed by atoms with Crippen LogP contribution in [-0.2, 0) is 9.59 Å². The summed E-state index contributed by atoms with van der Waals surface area (Å²) in [5.41, 5.74) is -0.115. The maximum atomic E-state index is 11.9. The summed E-state index contributed by atoms with van der Waals surface area (Å²) < 4.78 is 0. The van der Waals surface area contributed by atoms with Crippen LogP contribution >= 0.6 is 0 Å². The zero-order valence-corrected chi connectivity index (χ0v) is 9.64. The second-order valence-electron chi connectivity index (χ2n) is 4.96. The first-order chi connectivity index (χ1) is 7.59. The van der Waals surface area contributed by atoms with Crippen molar-refractivity contribution in [2.24, 2.45) is 0 Å². The molecule has 0 radical (unpaired) electrons. The van der Waals surface area contributed by atoms with E-state index in [-0.39, 0.29) is 23.4 Å². The molecule has 2 fully saturated rings. The van der Waals surface area contributed by atoms with E-state index < -0.39 is 0 Å². The van der Waals surface area contributed by atoms with E-state index in [9.17, 15) is 9.59 Å². The van der Waals surface area contributed by atoms with E-state index in [4.69, 9.17) is 0 Å². The van der Waals surface area contributed by atoms with E-state index in [1.165, 1.54) is 0 Å². The molecule has 90 valence electrons. The average molecular weight is 225 g/mol. The topological polar surface area (TPSA) is 70.2 Å². The lowest BCUT2D eigenvalue weighted by atomic mass is 9.90. The summed E-state index contributed by atoms with van der Waals surface area (Å²) in [5.74, 6) is -0.0501. The highest BCUT2D eigenvalue weighted by Gasteiger charge is 2.33. The number of hydrogen-bond donors (Lipinski definition) is 3. The summed E-state index contributed by atoms with van der Waals surface area (Å²) >= 11 is 0. The fraction of sp³-hybridized carbons (Fsp3) is 0.818. The minimum atomic E-state index is -0.320. The van der Waals surface area contributed by atoms with Crippen molar-refractivity contribution in [1.82, 2.24) is 16.0 Å². The molecule has 0 spiro atoms. The number of rotatable bonds is 2. The van der Waals surface area contributed by atoms with Gasteiger partial charge in [0.15, 0.2) is 0 Å². The van der Waals surface area contributed by atoms with Crippen LogP contribution in [0.5, 0.6) is 0 Å². The Morgan fingerprint density at radius 1 is 1.44 bits per heavy atom. The third-order valence-corrected chi connectivity index (χ3v) is 3.44. The fourth-order valence-corrected chi connectivity index (χ4v) is 2.30. The van der Waals surface area contributed by atoms with E-state index in [0.29, 0.717) is 12.8 Å². The average Bonchev–Trinajstić information content (AvgIpc) is 2.65. The molecule has 2 saturated heterocycles. The minimum absolute atomic E-state index is 0.0180. The van der Waals surface area contributed by atoms with Gasteiger partial charge in [-0.3, -0.25) is 9.59 Å². The first-order valence-electron chi connectivity index (χ1n) is 5.91. The highest BCUT2D eigenvalue weighted by atomic mass is 16.2. The van der Waals surface area contributed by atoms with Crippen molar-refractivity contribution < 1.29 is 9.59 Å². The Kier molecular flexibility index (Phi) is 3.14. The molecule has 5 heteroatoms. The zero-order valence-electron chi connectivity index (χ0n) is 9.64. The Balaban J connectivity index is 1.88. The molecule has 5 nitrogen and oxygen atoms in total. The molecule has 0 saturated carbocycles. The molecule has 16 heavy (non-hydrogen) atoms. The molecule has 3 N–H and O–H groups in total. The molecule has 0 bridgehead atoms. The summed E-state index contributed by atoms with van der Waals surface area (Å²) in [6, 6.07) is -0.320. The second kappa shape index (κ2) is 4.41. The molecule has 0 aromatic carbocycles. The van der Waals surface area contributed by atoms with Crippen molar-refractivity contribution >= 4 is 11.8 Å². The Bertz CT molecular complexity index is 298. The molecule has 2 amide bonds. The quantitative estimate of drug-likeness (QED) is 0.594. The van der Waals surface area contributed by atoms with Crippen LogP contribution in [0, 0.1) is 0 Å². The van der Waals surface area contributed by atoms with Crippen LogP contribution in [0.15, 0.2) is 0 Å². The van der Waals surface area contributed by atoms with Gasteiger partial charge in [0.05, 0.1) is 0 Å². The van der Waals surface area contributed by atoms with E-state index in [2.05, 4.69) is 22.9 Å². The number of hydrogen-bond acceptors (Lipinski definition) is 3. The van der Waals surface area contributed by atoms with Gasteiger partial charge in [-0.25, -0.2) is 0 Å². The molecule has 2 aliphatic heterocycles. The van der Waals surface area contributed by atoms with Crippen LogP contribution in [0.2, 0.25) is 0 Å². The van der Waals surface area contributed by atoms with Crippen LogP contribution in [0.3, 0.4) is 0 Å². The smallest absolute Gasteiger partial charge is 0.243 e. The minimum Gasteiger partial charge on any atom is -0.349 e. The van der Waals surface area contributed by atoms with Gasteiger partial charge in [0, 0.05) is 12.0 Å². The maximum Gasteiger partial charge on any atom is 0.243 e. The SMILES string of the molecule is CC1(NC(=O)[C@@H]2CCC(=O)N2)CCNCC1. The maximum absolute atomic E-state index is 11.9. The normalized spacial score (nSPS) is 28.6. The van der Waals surface area contributed by atoms with E-state index in [0.717, 1.165) is 25.9 Å². The van der Waals surface area contributed by atoms with Crippen LogP contribution < -0.4 is 16.0 Å². The number of carbonyl (C=O) groups excluding carboxylic acids is 2. The number of carbonyl (C=O) groups is 2. The molecule has 1 atom stereocenters. The van der Waals surface area contributed by atoms with Crippen LogP contribution in [0.1, 0.15) is 32.6 Å². The number of nitrogens with one attached hydrogen (secondary N) is 3. The van der Waals surface area contributed by atoms with Gasteiger partial charge in [0.1, 0.15) is 6.04 Å². The second-order valence-corrected chi connectivity index (χ2v) is 4.96. The fourth-order valence-electron chi connectivity index (χ4n) is 2.30. The summed E-state index contributed by atoms with van der Waals surface area (Å²) in [4.78, 5) is 22.9. The highest BCUT2D eigenvalue weighted by molar-refractivity contribution is 5.91.